The number of hydrogen-bond donors (Lipinski definition) is 2. The zero-order valence-electron chi connectivity index (χ0n) is 13.7. The quantitative estimate of drug-likeness (QED) is 0.833. The van der Waals surface area contributed by atoms with E-state index >= 15 is 0 Å². The summed E-state index contributed by atoms with van der Waals surface area (Å²) in [6, 6.07) is 5.71. The molecular formula is C17H25ClN2O3. The molecule has 1 heterocycles. The van der Waals surface area contributed by atoms with Crippen molar-refractivity contribution in [1.82, 2.24) is 10.2 Å². The second-order valence-electron chi connectivity index (χ2n) is 6.10. The van der Waals surface area contributed by atoms with Crippen molar-refractivity contribution in [3.63, 3.8) is 0 Å². The lowest BCUT2D eigenvalue weighted by molar-refractivity contribution is -0.121. The summed E-state index contributed by atoms with van der Waals surface area (Å²) in [6.45, 7) is 7.32. The minimum Gasteiger partial charge on any atom is -0.506 e. The first-order valence-corrected chi connectivity index (χ1v) is 8.42. The number of benzene rings is 1. The number of hydrogen-bond acceptors (Lipinski definition) is 4. The van der Waals surface area contributed by atoms with Crippen molar-refractivity contribution in [2.45, 2.75) is 38.8 Å². The summed E-state index contributed by atoms with van der Waals surface area (Å²) in [4.78, 5) is 14.4. The molecule has 2 rings (SSSR count). The summed E-state index contributed by atoms with van der Waals surface area (Å²) in [6.07, 6.45) is 1.01. The van der Waals surface area contributed by atoms with Gasteiger partial charge in [0.1, 0.15) is 5.75 Å². The van der Waals surface area contributed by atoms with Gasteiger partial charge in [0.25, 0.3) is 0 Å². The standard InChI is InChI=1S/C17H25ClN2O3/c1-12(20-7-8-23-11-13(20)2)10-19-17(22)6-4-14-3-5-16(21)15(18)9-14/h3,5,9,12-13,21H,4,6-8,10-11H2,1-2H3,(H,19,22)/t12-,13+/m1/s1. The van der Waals surface area contributed by atoms with Gasteiger partial charge in [-0.05, 0) is 38.0 Å². The summed E-state index contributed by atoms with van der Waals surface area (Å²) in [7, 11) is 0. The molecule has 0 aliphatic carbocycles. The van der Waals surface area contributed by atoms with Gasteiger partial charge in [0, 0.05) is 31.6 Å². The van der Waals surface area contributed by atoms with E-state index in [0.717, 1.165) is 25.3 Å². The highest BCUT2D eigenvalue weighted by Crippen LogP contribution is 2.24. The van der Waals surface area contributed by atoms with Gasteiger partial charge >= 0.3 is 0 Å². The van der Waals surface area contributed by atoms with Gasteiger partial charge in [-0.25, -0.2) is 0 Å². The molecule has 128 valence electrons. The second-order valence-corrected chi connectivity index (χ2v) is 6.51. The molecule has 0 bridgehead atoms. The first kappa shape index (κ1) is 18.0. The van der Waals surface area contributed by atoms with E-state index in [9.17, 15) is 9.90 Å². The average Bonchev–Trinajstić information content (AvgIpc) is 2.54. The van der Waals surface area contributed by atoms with Gasteiger partial charge in [0.15, 0.2) is 0 Å². The van der Waals surface area contributed by atoms with Crippen LogP contribution in [0.3, 0.4) is 0 Å². The fourth-order valence-electron chi connectivity index (χ4n) is 2.83. The summed E-state index contributed by atoms with van der Waals surface area (Å²) in [5.74, 6) is 0.0929. The van der Waals surface area contributed by atoms with Gasteiger partial charge in [-0.3, -0.25) is 9.69 Å². The highest BCUT2D eigenvalue weighted by Gasteiger charge is 2.23. The zero-order chi connectivity index (χ0) is 16.8. The number of rotatable bonds is 6. The van der Waals surface area contributed by atoms with Crippen LogP contribution in [-0.4, -0.2) is 54.3 Å². The van der Waals surface area contributed by atoms with Gasteiger partial charge in [0.05, 0.1) is 18.2 Å². The molecule has 0 unspecified atom stereocenters. The molecular weight excluding hydrogens is 316 g/mol. The number of phenols is 1. The number of halogens is 1. The lowest BCUT2D eigenvalue weighted by Crippen LogP contribution is -2.51. The predicted octanol–water partition coefficient (Wildman–Crippen LogP) is 2.20. The summed E-state index contributed by atoms with van der Waals surface area (Å²) >= 11 is 5.87. The molecule has 0 radical (unpaired) electrons. The minimum atomic E-state index is 0.0296. The molecule has 1 aromatic carbocycles. The molecule has 23 heavy (non-hydrogen) atoms. The van der Waals surface area contributed by atoms with Crippen LogP contribution in [0, 0.1) is 0 Å². The molecule has 1 aromatic rings. The van der Waals surface area contributed by atoms with E-state index in [2.05, 4.69) is 24.1 Å². The second kappa shape index (κ2) is 8.52. The maximum Gasteiger partial charge on any atom is 0.220 e. The van der Waals surface area contributed by atoms with Crippen molar-refractivity contribution in [2.24, 2.45) is 0 Å². The Bertz CT molecular complexity index is 539. The number of carbonyl (C=O) groups excluding carboxylic acids is 1. The van der Waals surface area contributed by atoms with Gasteiger partial charge in [-0.2, -0.15) is 0 Å². The largest absolute Gasteiger partial charge is 0.506 e. The minimum absolute atomic E-state index is 0.0296. The molecule has 1 fully saturated rings. The van der Waals surface area contributed by atoms with E-state index in [0.29, 0.717) is 36.5 Å². The maximum atomic E-state index is 12.0. The molecule has 2 N–H and O–H groups in total. The molecule has 2 atom stereocenters. The van der Waals surface area contributed by atoms with Crippen LogP contribution in [0.4, 0.5) is 0 Å². The Morgan fingerprint density at radius 2 is 2.35 bits per heavy atom. The van der Waals surface area contributed by atoms with Crippen molar-refractivity contribution in [2.75, 3.05) is 26.3 Å². The molecule has 0 aromatic heterocycles. The smallest absolute Gasteiger partial charge is 0.220 e. The Balaban J connectivity index is 1.73. The van der Waals surface area contributed by atoms with E-state index in [1.807, 2.05) is 0 Å². The number of aromatic hydroxyl groups is 1. The van der Waals surface area contributed by atoms with Crippen molar-refractivity contribution in [1.29, 1.82) is 0 Å². The van der Waals surface area contributed by atoms with Crippen LogP contribution in [0.25, 0.3) is 0 Å². The van der Waals surface area contributed by atoms with E-state index in [-0.39, 0.29) is 11.7 Å². The van der Waals surface area contributed by atoms with Crippen LogP contribution in [0.2, 0.25) is 5.02 Å². The topological polar surface area (TPSA) is 61.8 Å². The first-order chi connectivity index (χ1) is 11.0. The average molecular weight is 341 g/mol. The Hall–Kier alpha value is -1.30. The van der Waals surface area contributed by atoms with E-state index in [1.54, 1.807) is 18.2 Å². The van der Waals surface area contributed by atoms with E-state index in [1.165, 1.54) is 0 Å². The summed E-state index contributed by atoms with van der Waals surface area (Å²) < 4.78 is 5.44. The molecule has 6 heteroatoms. The normalized spacial score (nSPS) is 20.2. The number of aryl methyl sites for hydroxylation is 1. The third-order valence-corrected chi connectivity index (χ3v) is 4.54. The van der Waals surface area contributed by atoms with Crippen LogP contribution in [0.15, 0.2) is 18.2 Å². The number of morpholine rings is 1. The maximum absolute atomic E-state index is 12.0. The van der Waals surface area contributed by atoms with Gasteiger partial charge in [-0.1, -0.05) is 17.7 Å². The van der Waals surface area contributed by atoms with Crippen molar-refractivity contribution < 1.29 is 14.6 Å². The predicted molar refractivity (Wildman–Crippen MR) is 90.9 cm³/mol. The van der Waals surface area contributed by atoms with E-state index in [4.69, 9.17) is 16.3 Å². The van der Waals surface area contributed by atoms with Crippen LogP contribution in [0.5, 0.6) is 5.75 Å². The number of phenolic OH excluding ortho intramolecular Hbond substituents is 1. The number of amides is 1. The molecule has 1 saturated heterocycles. The van der Waals surface area contributed by atoms with Crippen LogP contribution >= 0.6 is 11.6 Å². The third kappa shape index (κ3) is 5.37. The molecule has 0 spiro atoms. The van der Waals surface area contributed by atoms with Crippen molar-refractivity contribution in [3.8, 4) is 5.75 Å². The molecule has 5 nitrogen and oxygen atoms in total. The summed E-state index contributed by atoms with van der Waals surface area (Å²) in [5, 5.41) is 12.7. The molecule has 1 amide bonds. The van der Waals surface area contributed by atoms with Crippen LogP contribution < -0.4 is 5.32 Å². The zero-order valence-corrected chi connectivity index (χ0v) is 14.5. The van der Waals surface area contributed by atoms with Crippen LogP contribution in [-0.2, 0) is 16.0 Å². The lowest BCUT2D eigenvalue weighted by Gasteiger charge is -2.37. The van der Waals surface area contributed by atoms with Crippen LogP contribution in [0.1, 0.15) is 25.8 Å². The first-order valence-electron chi connectivity index (χ1n) is 8.05. The Kier molecular flexibility index (Phi) is 6.69. The number of ether oxygens (including phenoxy) is 1. The number of nitrogens with one attached hydrogen (secondary N) is 1. The highest BCUT2D eigenvalue weighted by atomic mass is 35.5. The van der Waals surface area contributed by atoms with Crippen molar-refractivity contribution >= 4 is 17.5 Å². The molecule has 1 aliphatic rings. The number of nitrogens with zero attached hydrogens (tertiary/aromatic N) is 1. The van der Waals surface area contributed by atoms with E-state index < -0.39 is 0 Å². The lowest BCUT2D eigenvalue weighted by atomic mass is 10.1. The van der Waals surface area contributed by atoms with Gasteiger partial charge < -0.3 is 15.2 Å². The highest BCUT2D eigenvalue weighted by molar-refractivity contribution is 6.32. The van der Waals surface area contributed by atoms with Gasteiger partial charge in [0.2, 0.25) is 5.91 Å². The Labute approximate surface area is 142 Å². The fraction of sp³-hybridized carbons (Fsp3) is 0.588. The SMILES string of the molecule is C[C@H](CNC(=O)CCc1ccc(O)c(Cl)c1)N1CCOC[C@@H]1C. The number of carbonyl (C=O) groups is 1. The molecule has 0 saturated carbocycles. The Morgan fingerprint density at radius 3 is 3.04 bits per heavy atom. The van der Waals surface area contributed by atoms with Gasteiger partial charge in [-0.15, -0.1) is 0 Å². The molecule has 1 aliphatic heterocycles. The van der Waals surface area contributed by atoms with Crippen molar-refractivity contribution in [3.05, 3.63) is 28.8 Å². The third-order valence-electron chi connectivity index (χ3n) is 4.23. The fourth-order valence-corrected chi connectivity index (χ4v) is 3.03. The Morgan fingerprint density at radius 1 is 1.57 bits per heavy atom. The monoisotopic (exact) mass is 340 g/mol. The summed E-state index contributed by atoms with van der Waals surface area (Å²) in [5.41, 5.74) is 0.942.